The molecule has 0 spiro atoms. The summed E-state index contributed by atoms with van der Waals surface area (Å²) in [7, 11) is 2.19. The number of piperazine rings is 1. The van der Waals surface area contributed by atoms with Crippen LogP contribution in [-0.2, 0) is 6.42 Å². The highest BCUT2D eigenvalue weighted by atomic mass is 16.3. The van der Waals surface area contributed by atoms with Crippen LogP contribution in [-0.4, -0.2) is 84.7 Å². The van der Waals surface area contributed by atoms with Gasteiger partial charge in [0.25, 0.3) is 5.91 Å². The van der Waals surface area contributed by atoms with E-state index >= 15 is 0 Å². The third-order valence-electron chi connectivity index (χ3n) is 6.57. The van der Waals surface area contributed by atoms with Crippen molar-refractivity contribution in [2.24, 2.45) is 11.8 Å². The Kier molecular flexibility index (Phi) is 8.10. The van der Waals surface area contributed by atoms with Crippen molar-refractivity contribution in [1.82, 2.24) is 14.7 Å². The van der Waals surface area contributed by atoms with Crippen LogP contribution in [0.4, 0.5) is 0 Å². The minimum absolute atomic E-state index is 0.159. The van der Waals surface area contributed by atoms with Crippen molar-refractivity contribution in [1.29, 1.82) is 0 Å². The number of likely N-dealkylation sites (N-methyl/N-ethyl adjacent to an activating group) is 1. The summed E-state index contributed by atoms with van der Waals surface area (Å²) in [5.74, 6) is 1.23. The molecule has 0 aliphatic carbocycles. The molecule has 0 bridgehead atoms. The first kappa shape index (κ1) is 22.3. The molecule has 0 radical (unpaired) electrons. The van der Waals surface area contributed by atoms with E-state index in [2.05, 4.69) is 42.8 Å². The van der Waals surface area contributed by atoms with Gasteiger partial charge in [0.05, 0.1) is 0 Å². The van der Waals surface area contributed by atoms with Gasteiger partial charge in [-0.1, -0.05) is 26.0 Å². The summed E-state index contributed by atoms with van der Waals surface area (Å²) < 4.78 is 0. The van der Waals surface area contributed by atoms with Crippen molar-refractivity contribution < 1.29 is 9.90 Å². The summed E-state index contributed by atoms with van der Waals surface area (Å²) >= 11 is 0. The number of carbonyl (C=O) groups excluding carboxylic acids is 1. The molecule has 0 saturated carbocycles. The molecular formula is C24H39N3O2. The molecule has 1 amide bonds. The second-order valence-corrected chi connectivity index (χ2v) is 9.37. The highest BCUT2D eigenvalue weighted by molar-refractivity contribution is 5.94. The molecule has 0 unspecified atom stereocenters. The molecule has 1 aromatic carbocycles. The monoisotopic (exact) mass is 401 g/mol. The van der Waals surface area contributed by atoms with Crippen molar-refractivity contribution in [3.63, 3.8) is 0 Å². The number of amides is 1. The Bertz CT molecular complexity index is 638. The van der Waals surface area contributed by atoms with E-state index in [1.807, 2.05) is 17.0 Å². The van der Waals surface area contributed by atoms with Gasteiger partial charge in [-0.15, -0.1) is 0 Å². The number of nitrogens with zero attached hydrogens (tertiary/aromatic N) is 3. The molecular weight excluding hydrogens is 362 g/mol. The van der Waals surface area contributed by atoms with Crippen LogP contribution in [0.25, 0.3) is 0 Å². The predicted octanol–water partition coefficient (Wildman–Crippen LogP) is 2.74. The van der Waals surface area contributed by atoms with Gasteiger partial charge >= 0.3 is 0 Å². The molecule has 0 aromatic heterocycles. The number of rotatable bonds is 7. The maximum absolute atomic E-state index is 13.1. The highest BCUT2D eigenvalue weighted by Gasteiger charge is 2.35. The van der Waals surface area contributed by atoms with Gasteiger partial charge in [-0.3, -0.25) is 9.69 Å². The molecule has 5 nitrogen and oxygen atoms in total. The summed E-state index contributed by atoms with van der Waals surface area (Å²) in [5.41, 5.74) is 2.10. The van der Waals surface area contributed by atoms with E-state index in [1.54, 1.807) is 0 Å². The average molecular weight is 402 g/mol. The van der Waals surface area contributed by atoms with Gasteiger partial charge in [0.1, 0.15) is 0 Å². The van der Waals surface area contributed by atoms with Gasteiger partial charge < -0.3 is 14.9 Å². The minimum Gasteiger partial charge on any atom is -0.396 e. The van der Waals surface area contributed by atoms with Gasteiger partial charge in [-0.2, -0.15) is 0 Å². The molecule has 1 N–H and O–H groups in total. The lowest BCUT2D eigenvalue weighted by molar-refractivity contribution is 0.0218. The van der Waals surface area contributed by atoms with Crippen molar-refractivity contribution in [2.45, 2.75) is 45.6 Å². The molecule has 1 aromatic rings. The summed E-state index contributed by atoms with van der Waals surface area (Å²) in [4.78, 5) is 20.2. The Hall–Kier alpha value is -1.43. The SMILES string of the molecule is CC(C)Cc1ccc(C(=O)N2CC[C@@H](N3CCN(C)CC3)[C@@H](CCCO)C2)cc1. The van der Waals surface area contributed by atoms with Crippen molar-refractivity contribution in [3.8, 4) is 0 Å². The van der Waals surface area contributed by atoms with Crippen LogP contribution in [0.2, 0.25) is 0 Å². The van der Waals surface area contributed by atoms with Crippen molar-refractivity contribution in [3.05, 3.63) is 35.4 Å². The third-order valence-corrected chi connectivity index (χ3v) is 6.57. The first-order chi connectivity index (χ1) is 14.0. The summed E-state index contributed by atoms with van der Waals surface area (Å²) in [6.45, 7) is 10.8. The first-order valence-corrected chi connectivity index (χ1v) is 11.4. The quantitative estimate of drug-likeness (QED) is 0.763. The van der Waals surface area contributed by atoms with Crippen molar-refractivity contribution >= 4 is 5.91 Å². The number of piperidine rings is 1. The van der Waals surface area contributed by atoms with E-state index in [0.717, 1.165) is 70.5 Å². The van der Waals surface area contributed by atoms with Crippen LogP contribution in [0.1, 0.15) is 49.0 Å². The first-order valence-electron chi connectivity index (χ1n) is 11.4. The molecule has 5 heteroatoms. The van der Waals surface area contributed by atoms with E-state index in [4.69, 9.17) is 0 Å². The number of carbonyl (C=O) groups is 1. The summed E-state index contributed by atoms with van der Waals surface area (Å²) in [5, 5.41) is 9.37. The fourth-order valence-corrected chi connectivity index (χ4v) is 4.91. The number of hydrogen-bond donors (Lipinski definition) is 1. The molecule has 2 fully saturated rings. The maximum Gasteiger partial charge on any atom is 0.253 e. The molecule has 162 valence electrons. The maximum atomic E-state index is 13.1. The number of likely N-dealkylation sites (tertiary alicyclic amines) is 1. The van der Waals surface area contributed by atoms with Gasteiger partial charge in [-0.05, 0) is 62.3 Å². The molecule has 2 atom stereocenters. The molecule has 2 aliphatic heterocycles. The zero-order valence-electron chi connectivity index (χ0n) is 18.5. The third kappa shape index (κ3) is 6.03. The predicted molar refractivity (Wildman–Crippen MR) is 118 cm³/mol. The largest absolute Gasteiger partial charge is 0.396 e. The van der Waals surface area contributed by atoms with E-state index in [9.17, 15) is 9.90 Å². The fourth-order valence-electron chi connectivity index (χ4n) is 4.91. The number of aliphatic hydroxyl groups excluding tert-OH is 1. The van der Waals surface area contributed by atoms with Crippen molar-refractivity contribution in [2.75, 3.05) is 52.9 Å². The smallest absolute Gasteiger partial charge is 0.253 e. The molecule has 3 rings (SSSR count). The highest BCUT2D eigenvalue weighted by Crippen LogP contribution is 2.28. The minimum atomic E-state index is 0.159. The van der Waals surface area contributed by atoms with Crippen LogP contribution in [0.5, 0.6) is 0 Å². The van der Waals surface area contributed by atoms with Crippen LogP contribution in [0.3, 0.4) is 0 Å². The summed E-state index contributed by atoms with van der Waals surface area (Å²) in [6.07, 6.45) is 3.90. The van der Waals surface area contributed by atoms with Crippen LogP contribution >= 0.6 is 0 Å². The van der Waals surface area contributed by atoms with Gasteiger partial charge in [0, 0.05) is 57.5 Å². The van der Waals surface area contributed by atoms with E-state index in [0.29, 0.717) is 17.9 Å². The van der Waals surface area contributed by atoms with Gasteiger partial charge in [0.2, 0.25) is 0 Å². The Balaban J connectivity index is 1.64. The normalized spacial score (nSPS) is 24.2. The lowest BCUT2D eigenvalue weighted by Crippen LogP contribution is -2.56. The van der Waals surface area contributed by atoms with E-state index in [-0.39, 0.29) is 12.5 Å². The van der Waals surface area contributed by atoms with Gasteiger partial charge in [0.15, 0.2) is 0 Å². The fraction of sp³-hybridized carbons (Fsp3) is 0.708. The van der Waals surface area contributed by atoms with Crippen LogP contribution in [0, 0.1) is 11.8 Å². The van der Waals surface area contributed by atoms with E-state index < -0.39 is 0 Å². The number of hydrogen-bond acceptors (Lipinski definition) is 4. The Labute approximate surface area is 176 Å². The lowest BCUT2D eigenvalue weighted by atomic mass is 9.86. The Morgan fingerprint density at radius 3 is 2.41 bits per heavy atom. The second kappa shape index (κ2) is 10.6. The topological polar surface area (TPSA) is 47.0 Å². The standard InChI is InChI=1S/C24H39N3O2/c1-19(2)17-20-6-8-21(9-7-20)24(29)27-11-10-23(22(18-27)5-4-16-28)26-14-12-25(3)13-15-26/h6-9,19,22-23,28H,4-5,10-18H2,1-3H3/t22-,23+/m0/s1. The Morgan fingerprint density at radius 1 is 1.10 bits per heavy atom. The second-order valence-electron chi connectivity index (χ2n) is 9.37. The van der Waals surface area contributed by atoms with Crippen LogP contribution < -0.4 is 0 Å². The lowest BCUT2D eigenvalue weighted by Gasteiger charge is -2.46. The zero-order chi connectivity index (χ0) is 20.8. The average Bonchev–Trinajstić information content (AvgIpc) is 2.72. The molecule has 2 aliphatic rings. The summed E-state index contributed by atoms with van der Waals surface area (Å²) in [6, 6.07) is 8.73. The van der Waals surface area contributed by atoms with E-state index in [1.165, 1.54) is 5.56 Å². The molecule has 2 saturated heterocycles. The molecule has 2 heterocycles. The molecule has 29 heavy (non-hydrogen) atoms. The van der Waals surface area contributed by atoms with Gasteiger partial charge in [-0.25, -0.2) is 0 Å². The Morgan fingerprint density at radius 2 is 1.79 bits per heavy atom. The number of benzene rings is 1. The number of aliphatic hydroxyl groups is 1. The van der Waals surface area contributed by atoms with Crippen LogP contribution in [0.15, 0.2) is 24.3 Å². The zero-order valence-corrected chi connectivity index (χ0v) is 18.5.